The van der Waals surface area contributed by atoms with Crippen LogP contribution in [0.5, 0.6) is 0 Å². The topological polar surface area (TPSA) is 102 Å². The van der Waals surface area contributed by atoms with Crippen molar-refractivity contribution in [1.29, 1.82) is 0 Å². The maximum Gasteiger partial charge on any atom is 0.271 e. The largest absolute Gasteiger partial charge is 0.395 e. The fourth-order valence-electron chi connectivity index (χ4n) is 2.19. The van der Waals surface area contributed by atoms with Crippen molar-refractivity contribution in [3.8, 4) is 0 Å². The second-order valence-electron chi connectivity index (χ2n) is 4.68. The van der Waals surface area contributed by atoms with Crippen LogP contribution in [0.3, 0.4) is 0 Å². The Morgan fingerprint density at radius 2 is 2.37 bits per heavy atom. The molecule has 7 nitrogen and oxygen atoms in total. The SMILES string of the molecule is CCn1nc(C)c(N)c1C(=O)NCC1CCC(=O)N1. The van der Waals surface area contributed by atoms with Gasteiger partial charge in [0.25, 0.3) is 5.91 Å². The van der Waals surface area contributed by atoms with Crippen LogP contribution in [0.2, 0.25) is 0 Å². The van der Waals surface area contributed by atoms with Gasteiger partial charge in [0.15, 0.2) is 0 Å². The van der Waals surface area contributed by atoms with Gasteiger partial charge in [-0.05, 0) is 20.3 Å². The highest BCUT2D eigenvalue weighted by Crippen LogP contribution is 2.16. The normalized spacial score (nSPS) is 18.4. The Kier molecular flexibility index (Phi) is 3.73. The lowest BCUT2D eigenvalue weighted by Crippen LogP contribution is -2.39. The third-order valence-electron chi connectivity index (χ3n) is 3.28. The first-order chi connectivity index (χ1) is 9.02. The first kappa shape index (κ1) is 13.4. The minimum Gasteiger partial charge on any atom is -0.395 e. The molecule has 2 heterocycles. The van der Waals surface area contributed by atoms with Crippen molar-refractivity contribution in [1.82, 2.24) is 20.4 Å². The molecule has 4 N–H and O–H groups in total. The molecule has 1 atom stereocenters. The zero-order valence-corrected chi connectivity index (χ0v) is 11.2. The van der Waals surface area contributed by atoms with Gasteiger partial charge in [0, 0.05) is 25.6 Å². The number of aromatic nitrogens is 2. The molecule has 1 unspecified atom stereocenters. The fourth-order valence-corrected chi connectivity index (χ4v) is 2.19. The summed E-state index contributed by atoms with van der Waals surface area (Å²) in [6.45, 7) is 4.67. The van der Waals surface area contributed by atoms with Crippen LogP contribution in [-0.2, 0) is 11.3 Å². The van der Waals surface area contributed by atoms with E-state index in [9.17, 15) is 9.59 Å². The molecular formula is C12H19N5O2. The molecule has 0 aromatic carbocycles. The number of carbonyl (C=O) groups is 2. The van der Waals surface area contributed by atoms with Crippen molar-refractivity contribution < 1.29 is 9.59 Å². The van der Waals surface area contributed by atoms with Gasteiger partial charge >= 0.3 is 0 Å². The van der Waals surface area contributed by atoms with Gasteiger partial charge in [-0.1, -0.05) is 0 Å². The van der Waals surface area contributed by atoms with Gasteiger partial charge in [0.1, 0.15) is 5.69 Å². The van der Waals surface area contributed by atoms with Gasteiger partial charge in [-0.25, -0.2) is 0 Å². The minimum atomic E-state index is -0.249. The van der Waals surface area contributed by atoms with Crippen molar-refractivity contribution in [2.75, 3.05) is 12.3 Å². The number of nitrogen functional groups attached to an aromatic ring is 1. The monoisotopic (exact) mass is 265 g/mol. The molecule has 19 heavy (non-hydrogen) atoms. The molecule has 1 aromatic heterocycles. The van der Waals surface area contributed by atoms with E-state index in [-0.39, 0.29) is 17.9 Å². The number of anilines is 1. The van der Waals surface area contributed by atoms with Crippen molar-refractivity contribution in [2.24, 2.45) is 0 Å². The van der Waals surface area contributed by atoms with E-state index in [0.717, 1.165) is 6.42 Å². The van der Waals surface area contributed by atoms with Gasteiger partial charge in [0.2, 0.25) is 5.91 Å². The summed E-state index contributed by atoms with van der Waals surface area (Å²) >= 11 is 0. The molecule has 104 valence electrons. The standard InChI is InChI=1S/C12H19N5O2/c1-3-17-11(10(13)7(2)16-17)12(19)14-6-8-4-5-9(18)15-8/h8H,3-6,13H2,1-2H3,(H,14,19)(H,15,18). The van der Waals surface area contributed by atoms with Crippen molar-refractivity contribution in [3.05, 3.63) is 11.4 Å². The van der Waals surface area contributed by atoms with E-state index in [1.807, 2.05) is 6.92 Å². The summed E-state index contributed by atoms with van der Waals surface area (Å²) in [5.41, 5.74) is 7.33. The van der Waals surface area contributed by atoms with E-state index < -0.39 is 0 Å². The lowest BCUT2D eigenvalue weighted by Gasteiger charge is -2.12. The number of nitrogens with zero attached hydrogens (tertiary/aromatic N) is 2. The number of nitrogens with one attached hydrogen (secondary N) is 2. The highest BCUT2D eigenvalue weighted by Gasteiger charge is 2.23. The minimum absolute atomic E-state index is 0.0109. The van der Waals surface area contributed by atoms with Crippen LogP contribution in [0, 0.1) is 6.92 Å². The molecule has 1 aliphatic rings. The van der Waals surface area contributed by atoms with Crippen molar-refractivity contribution in [3.63, 3.8) is 0 Å². The Bertz CT molecular complexity index is 508. The summed E-state index contributed by atoms with van der Waals surface area (Å²) in [4.78, 5) is 23.2. The highest BCUT2D eigenvalue weighted by molar-refractivity contribution is 5.98. The number of hydrogen-bond acceptors (Lipinski definition) is 4. The van der Waals surface area contributed by atoms with Gasteiger partial charge in [-0.3, -0.25) is 14.3 Å². The zero-order chi connectivity index (χ0) is 14.0. The Labute approximate surface area is 111 Å². The molecule has 0 bridgehead atoms. The van der Waals surface area contributed by atoms with E-state index in [1.165, 1.54) is 0 Å². The average molecular weight is 265 g/mol. The molecule has 2 rings (SSSR count). The molecule has 1 aliphatic heterocycles. The second kappa shape index (κ2) is 5.29. The first-order valence-electron chi connectivity index (χ1n) is 6.43. The zero-order valence-electron chi connectivity index (χ0n) is 11.2. The third-order valence-corrected chi connectivity index (χ3v) is 3.28. The van der Waals surface area contributed by atoms with Crippen LogP contribution >= 0.6 is 0 Å². The van der Waals surface area contributed by atoms with Crippen LogP contribution in [0.1, 0.15) is 35.9 Å². The number of amides is 2. The maximum atomic E-state index is 12.1. The number of hydrogen-bond donors (Lipinski definition) is 3. The molecule has 7 heteroatoms. The van der Waals surface area contributed by atoms with E-state index in [2.05, 4.69) is 15.7 Å². The van der Waals surface area contributed by atoms with Crippen molar-refractivity contribution in [2.45, 2.75) is 39.3 Å². The number of rotatable bonds is 4. The van der Waals surface area contributed by atoms with Crippen LogP contribution in [0.4, 0.5) is 5.69 Å². The molecule has 1 saturated heterocycles. The molecule has 1 aromatic rings. The third kappa shape index (κ3) is 2.69. The van der Waals surface area contributed by atoms with Crippen LogP contribution in [0.15, 0.2) is 0 Å². The average Bonchev–Trinajstić information content (AvgIpc) is 2.92. The molecule has 0 spiro atoms. The Morgan fingerprint density at radius 1 is 1.63 bits per heavy atom. The van der Waals surface area contributed by atoms with Gasteiger partial charge in [-0.15, -0.1) is 0 Å². The summed E-state index contributed by atoms with van der Waals surface area (Å²) < 4.78 is 1.59. The highest BCUT2D eigenvalue weighted by atomic mass is 16.2. The molecule has 1 fully saturated rings. The smallest absolute Gasteiger partial charge is 0.271 e. The number of nitrogens with two attached hydrogens (primary N) is 1. The molecular weight excluding hydrogens is 246 g/mol. The second-order valence-corrected chi connectivity index (χ2v) is 4.68. The number of carbonyl (C=O) groups excluding carboxylic acids is 2. The van der Waals surface area contributed by atoms with E-state index in [4.69, 9.17) is 5.73 Å². The van der Waals surface area contributed by atoms with Gasteiger partial charge in [0.05, 0.1) is 11.4 Å². The summed E-state index contributed by atoms with van der Waals surface area (Å²) in [7, 11) is 0. The summed E-state index contributed by atoms with van der Waals surface area (Å²) in [5, 5.41) is 9.80. The lowest BCUT2D eigenvalue weighted by molar-refractivity contribution is -0.119. The predicted octanol–water partition coefficient (Wildman–Crippen LogP) is -0.198. The quantitative estimate of drug-likeness (QED) is 0.701. The Balaban J connectivity index is 2.02. The van der Waals surface area contributed by atoms with Crippen LogP contribution in [-0.4, -0.2) is 34.2 Å². The molecule has 2 amide bonds. The number of aryl methyl sites for hydroxylation is 2. The van der Waals surface area contributed by atoms with Crippen molar-refractivity contribution >= 4 is 17.5 Å². The fraction of sp³-hybridized carbons (Fsp3) is 0.583. The molecule has 0 aliphatic carbocycles. The Morgan fingerprint density at radius 3 is 2.95 bits per heavy atom. The van der Waals surface area contributed by atoms with E-state index in [1.54, 1.807) is 11.6 Å². The first-order valence-corrected chi connectivity index (χ1v) is 6.43. The lowest BCUT2D eigenvalue weighted by atomic mass is 10.2. The summed E-state index contributed by atoms with van der Waals surface area (Å²) in [6, 6.07) is 0.0109. The predicted molar refractivity (Wildman–Crippen MR) is 70.5 cm³/mol. The molecule has 0 saturated carbocycles. The molecule has 0 radical (unpaired) electrons. The van der Waals surface area contributed by atoms with Crippen LogP contribution < -0.4 is 16.4 Å². The van der Waals surface area contributed by atoms with Crippen LogP contribution in [0.25, 0.3) is 0 Å². The van der Waals surface area contributed by atoms with Gasteiger partial charge < -0.3 is 16.4 Å². The van der Waals surface area contributed by atoms with E-state index >= 15 is 0 Å². The van der Waals surface area contributed by atoms with Gasteiger partial charge in [-0.2, -0.15) is 5.10 Å². The van der Waals surface area contributed by atoms with E-state index in [0.29, 0.717) is 36.6 Å². The maximum absolute atomic E-state index is 12.1. The Hall–Kier alpha value is -2.05. The summed E-state index contributed by atoms with van der Waals surface area (Å²) in [6.07, 6.45) is 1.27. The summed E-state index contributed by atoms with van der Waals surface area (Å²) in [5.74, 6) is -0.214.